The van der Waals surface area contributed by atoms with E-state index in [2.05, 4.69) is 40.9 Å². The van der Waals surface area contributed by atoms with Gasteiger partial charge in [0.2, 0.25) is 0 Å². The monoisotopic (exact) mass is 341 g/mol. The minimum absolute atomic E-state index is 0.245. The molecular weight excluding hydrogens is 317 g/mol. The molecule has 0 radical (unpaired) electrons. The SMILES string of the molecule is CCC(CC)N1CC=Cc2c(-c3ccc(F)cc3C)nc(OC)nc21. The molecule has 0 atom stereocenters. The molecule has 3 rings (SSSR count). The van der Waals surface area contributed by atoms with Crippen LogP contribution < -0.4 is 9.64 Å². The number of hydrogen-bond acceptors (Lipinski definition) is 4. The Kier molecular flexibility index (Phi) is 5.02. The van der Waals surface area contributed by atoms with Crippen LogP contribution in [0.4, 0.5) is 10.2 Å². The molecule has 5 heteroatoms. The normalized spacial score (nSPS) is 13.3. The fourth-order valence-corrected chi connectivity index (χ4v) is 3.42. The number of nitrogens with zero attached hydrogens (tertiary/aromatic N) is 3. The van der Waals surface area contributed by atoms with E-state index >= 15 is 0 Å². The highest BCUT2D eigenvalue weighted by Crippen LogP contribution is 2.36. The number of benzene rings is 1. The van der Waals surface area contributed by atoms with Gasteiger partial charge in [-0.1, -0.05) is 26.0 Å². The molecule has 1 aromatic heterocycles. The third-order valence-electron chi connectivity index (χ3n) is 4.77. The summed E-state index contributed by atoms with van der Waals surface area (Å²) in [7, 11) is 1.57. The minimum atomic E-state index is -0.245. The third-order valence-corrected chi connectivity index (χ3v) is 4.77. The maximum Gasteiger partial charge on any atom is 0.318 e. The number of ether oxygens (including phenoxy) is 1. The van der Waals surface area contributed by atoms with E-state index < -0.39 is 0 Å². The lowest BCUT2D eigenvalue weighted by Crippen LogP contribution is -2.37. The highest BCUT2D eigenvalue weighted by atomic mass is 19.1. The third kappa shape index (κ3) is 3.23. The molecule has 0 fully saturated rings. The zero-order valence-electron chi connectivity index (χ0n) is 15.2. The van der Waals surface area contributed by atoms with Gasteiger partial charge >= 0.3 is 6.01 Å². The van der Waals surface area contributed by atoms with Crippen LogP contribution in [0.5, 0.6) is 6.01 Å². The van der Waals surface area contributed by atoms with Gasteiger partial charge in [0.1, 0.15) is 11.6 Å². The van der Waals surface area contributed by atoms with E-state index in [0.29, 0.717) is 12.1 Å². The van der Waals surface area contributed by atoms with Crippen LogP contribution in [0.3, 0.4) is 0 Å². The Morgan fingerprint density at radius 3 is 2.64 bits per heavy atom. The highest BCUT2D eigenvalue weighted by Gasteiger charge is 2.26. The Morgan fingerprint density at radius 2 is 2.00 bits per heavy atom. The van der Waals surface area contributed by atoms with Gasteiger partial charge in [0.25, 0.3) is 0 Å². The van der Waals surface area contributed by atoms with Gasteiger partial charge in [0.15, 0.2) is 0 Å². The quantitative estimate of drug-likeness (QED) is 0.795. The average molecular weight is 341 g/mol. The van der Waals surface area contributed by atoms with Crippen LogP contribution in [0, 0.1) is 12.7 Å². The molecule has 25 heavy (non-hydrogen) atoms. The summed E-state index contributed by atoms with van der Waals surface area (Å²) in [5.74, 6) is 0.645. The van der Waals surface area contributed by atoms with E-state index in [-0.39, 0.29) is 5.82 Å². The number of aryl methyl sites for hydroxylation is 1. The smallest absolute Gasteiger partial charge is 0.318 e. The molecule has 1 aliphatic heterocycles. The van der Waals surface area contributed by atoms with Crippen LogP contribution in [0.2, 0.25) is 0 Å². The fraction of sp³-hybridized carbons (Fsp3) is 0.400. The van der Waals surface area contributed by atoms with Crippen molar-refractivity contribution in [2.75, 3.05) is 18.6 Å². The lowest BCUT2D eigenvalue weighted by molar-refractivity contribution is 0.379. The van der Waals surface area contributed by atoms with Crippen LogP contribution in [-0.2, 0) is 0 Å². The van der Waals surface area contributed by atoms with Crippen molar-refractivity contribution in [2.24, 2.45) is 0 Å². The zero-order valence-corrected chi connectivity index (χ0v) is 15.2. The predicted octanol–water partition coefficient (Wildman–Crippen LogP) is 4.62. The van der Waals surface area contributed by atoms with Crippen molar-refractivity contribution in [3.05, 3.63) is 41.2 Å². The van der Waals surface area contributed by atoms with Gasteiger partial charge in [-0.05, 0) is 43.5 Å². The number of halogens is 1. The lowest BCUT2D eigenvalue weighted by Gasteiger charge is -2.34. The Bertz CT molecular complexity index is 800. The molecule has 0 N–H and O–H groups in total. The molecule has 0 spiro atoms. The fourth-order valence-electron chi connectivity index (χ4n) is 3.42. The molecule has 0 bridgehead atoms. The summed E-state index contributed by atoms with van der Waals surface area (Å²) in [6, 6.07) is 5.52. The van der Waals surface area contributed by atoms with Crippen molar-refractivity contribution in [1.29, 1.82) is 0 Å². The molecule has 0 amide bonds. The number of rotatable bonds is 5. The van der Waals surface area contributed by atoms with Crippen LogP contribution in [0.25, 0.3) is 17.3 Å². The first-order chi connectivity index (χ1) is 12.1. The molecule has 132 valence electrons. The van der Waals surface area contributed by atoms with E-state index in [4.69, 9.17) is 4.74 Å². The number of anilines is 1. The van der Waals surface area contributed by atoms with Gasteiger partial charge in [-0.15, -0.1) is 0 Å². The minimum Gasteiger partial charge on any atom is -0.467 e. The summed E-state index contributed by atoms with van der Waals surface area (Å²) in [6.45, 7) is 7.09. The van der Waals surface area contributed by atoms with E-state index in [0.717, 1.165) is 47.6 Å². The second-order valence-electron chi connectivity index (χ2n) is 6.28. The molecule has 1 aliphatic rings. The van der Waals surface area contributed by atoms with E-state index in [9.17, 15) is 4.39 Å². The molecule has 0 saturated heterocycles. The molecule has 2 aromatic rings. The van der Waals surface area contributed by atoms with Gasteiger partial charge in [0, 0.05) is 23.7 Å². The highest BCUT2D eigenvalue weighted by molar-refractivity contribution is 5.82. The second kappa shape index (κ2) is 7.21. The van der Waals surface area contributed by atoms with Gasteiger partial charge in [-0.2, -0.15) is 9.97 Å². The van der Waals surface area contributed by atoms with Gasteiger partial charge in [0.05, 0.1) is 12.8 Å². The maximum absolute atomic E-state index is 13.5. The molecule has 4 nitrogen and oxygen atoms in total. The van der Waals surface area contributed by atoms with Crippen molar-refractivity contribution < 1.29 is 9.13 Å². The topological polar surface area (TPSA) is 38.2 Å². The summed E-state index contributed by atoms with van der Waals surface area (Å²) in [5, 5.41) is 0. The molecule has 0 saturated carbocycles. The van der Waals surface area contributed by atoms with Gasteiger partial charge < -0.3 is 9.64 Å². The Morgan fingerprint density at radius 1 is 1.24 bits per heavy atom. The Hall–Kier alpha value is -2.43. The standard InChI is InChI=1S/C20H24FN3O/c1-5-15(6-2)24-11-7-8-17-18(22-20(25-4)23-19(17)24)16-10-9-14(21)12-13(16)3/h7-10,12,15H,5-6,11H2,1-4H3. The number of aromatic nitrogens is 2. The number of hydrogen-bond donors (Lipinski definition) is 0. The molecule has 1 aromatic carbocycles. The first kappa shape index (κ1) is 17.4. The lowest BCUT2D eigenvalue weighted by atomic mass is 9.98. The van der Waals surface area contributed by atoms with Crippen molar-refractivity contribution in [3.8, 4) is 17.3 Å². The largest absolute Gasteiger partial charge is 0.467 e. The number of fused-ring (bicyclic) bond motifs is 1. The summed E-state index contributed by atoms with van der Waals surface area (Å²) in [4.78, 5) is 11.5. The summed E-state index contributed by atoms with van der Waals surface area (Å²) in [6.07, 6.45) is 6.28. The first-order valence-electron chi connectivity index (χ1n) is 8.74. The van der Waals surface area contributed by atoms with Crippen LogP contribution in [-0.4, -0.2) is 29.7 Å². The summed E-state index contributed by atoms with van der Waals surface area (Å²) < 4.78 is 18.9. The average Bonchev–Trinajstić information content (AvgIpc) is 2.62. The van der Waals surface area contributed by atoms with E-state index in [1.54, 1.807) is 13.2 Å². The first-order valence-corrected chi connectivity index (χ1v) is 8.74. The number of methoxy groups -OCH3 is 1. The van der Waals surface area contributed by atoms with Crippen molar-refractivity contribution in [3.63, 3.8) is 0 Å². The van der Waals surface area contributed by atoms with Crippen molar-refractivity contribution in [2.45, 2.75) is 39.7 Å². The molecular formula is C20H24FN3O. The summed E-state index contributed by atoms with van der Waals surface area (Å²) in [5.41, 5.74) is 3.49. The molecule has 0 unspecified atom stereocenters. The van der Waals surface area contributed by atoms with Gasteiger partial charge in [-0.25, -0.2) is 4.39 Å². The van der Waals surface area contributed by atoms with Crippen LogP contribution >= 0.6 is 0 Å². The molecule has 0 aliphatic carbocycles. The summed E-state index contributed by atoms with van der Waals surface area (Å²) >= 11 is 0. The maximum atomic E-state index is 13.5. The zero-order chi connectivity index (χ0) is 18.0. The van der Waals surface area contributed by atoms with Crippen LogP contribution in [0.15, 0.2) is 24.3 Å². The van der Waals surface area contributed by atoms with Crippen LogP contribution in [0.1, 0.15) is 37.8 Å². The van der Waals surface area contributed by atoms with E-state index in [1.807, 2.05) is 6.92 Å². The van der Waals surface area contributed by atoms with Crippen molar-refractivity contribution >= 4 is 11.9 Å². The van der Waals surface area contributed by atoms with Gasteiger partial charge in [-0.3, -0.25) is 0 Å². The predicted molar refractivity (Wildman–Crippen MR) is 99.5 cm³/mol. The van der Waals surface area contributed by atoms with E-state index in [1.165, 1.54) is 12.1 Å². The van der Waals surface area contributed by atoms with Crippen molar-refractivity contribution in [1.82, 2.24) is 9.97 Å². The molecule has 2 heterocycles. The Balaban J connectivity index is 2.21. The Labute approximate surface area is 148 Å². The second-order valence-corrected chi connectivity index (χ2v) is 6.28.